The molecule has 2 aromatic carbocycles. The first-order chi connectivity index (χ1) is 11.2. The fourth-order valence-corrected chi connectivity index (χ4v) is 2.12. The van der Waals surface area contributed by atoms with E-state index in [4.69, 9.17) is 14.7 Å². The van der Waals surface area contributed by atoms with Crippen molar-refractivity contribution in [1.29, 1.82) is 5.26 Å². The zero-order valence-electron chi connectivity index (χ0n) is 13.1. The lowest BCUT2D eigenvalue weighted by Crippen LogP contribution is -2.13. The van der Waals surface area contributed by atoms with Gasteiger partial charge in [0.05, 0.1) is 31.5 Å². The maximum absolute atomic E-state index is 12.1. The molecule has 1 N–H and O–H groups in total. The molecule has 0 atom stereocenters. The molecule has 1 amide bonds. The molecule has 0 saturated heterocycles. The van der Waals surface area contributed by atoms with Gasteiger partial charge in [-0.1, -0.05) is 12.1 Å². The molecule has 0 aliphatic rings. The number of nitrogens with zero attached hydrogens (tertiary/aromatic N) is 1. The van der Waals surface area contributed by atoms with Crippen LogP contribution in [0.4, 0.5) is 5.69 Å². The van der Waals surface area contributed by atoms with Gasteiger partial charge in [0, 0.05) is 12.5 Å². The second kappa shape index (κ2) is 7.85. The van der Waals surface area contributed by atoms with Crippen LogP contribution in [0.2, 0.25) is 0 Å². The van der Waals surface area contributed by atoms with E-state index in [0.717, 1.165) is 5.56 Å². The summed E-state index contributed by atoms with van der Waals surface area (Å²) < 4.78 is 10.4. The molecule has 2 aromatic rings. The van der Waals surface area contributed by atoms with E-state index in [-0.39, 0.29) is 5.91 Å². The van der Waals surface area contributed by atoms with Crippen LogP contribution in [-0.4, -0.2) is 20.1 Å². The van der Waals surface area contributed by atoms with Crippen molar-refractivity contribution in [2.24, 2.45) is 0 Å². The highest BCUT2D eigenvalue weighted by Crippen LogP contribution is 2.29. The lowest BCUT2D eigenvalue weighted by Gasteiger charge is -2.11. The minimum atomic E-state index is -0.0992. The lowest BCUT2D eigenvalue weighted by atomic mass is 10.1. The molecule has 0 aromatic heterocycles. The van der Waals surface area contributed by atoms with Gasteiger partial charge in [-0.3, -0.25) is 4.79 Å². The third-order valence-electron chi connectivity index (χ3n) is 3.41. The molecule has 0 bridgehead atoms. The van der Waals surface area contributed by atoms with Crippen molar-refractivity contribution in [3.05, 3.63) is 53.6 Å². The molecule has 0 unspecified atom stereocenters. The van der Waals surface area contributed by atoms with Crippen LogP contribution in [0.25, 0.3) is 0 Å². The lowest BCUT2D eigenvalue weighted by molar-refractivity contribution is -0.116. The molecule has 0 saturated carbocycles. The Balaban J connectivity index is 1.95. The Bertz CT molecular complexity index is 718. The van der Waals surface area contributed by atoms with Gasteiger partial charge in [-0.25, -0.2) is 0 Å². The Labute approximate surface area is 135 Å². The summed E-state index contributed by atoms with van der Waals surface area (Å²) in [4.78, 5) is 12.1. The number of carbonyl (C=O) groups excluding carboxylic acids is 1. The molecule has 2 rings (SSSR count). The minimum Gasteiger partial charge on any atom is -0.497 e. The molecule has 118 valence electrons. The van der Waals surface area contributed by atoms with Gasteiger partial charge in [-0.2, -0.15) is 5.26 Å². The van der Waals surface area contributed by atoms with Crippen molar-refractivity contribution in [2.45, 2.75) is 12.8 Å². The van der Waals surface area contributed by atoms with Gasteiger partial charge < -0.3 is 14.8 Å². The Morgan fingerprint density at radius 2 is 1.87 bits per heavy atom. The molecule has 0 radical (unpaired) electrons. The fraction of sp³-hybridized carbons (Fsp3) is 0.222. The number of carbonyl (C=O) groups is 1. The highest BCUT2D eigenvalue weighted by molar-refractivity contribution is 5.92. The molecule has 0 spiro atoms. The summed E-state index contributed by atoms with van der Waals surface area (Å²) in [6.07, 6.45) is 0.955. The highest BCUT2D eigenvalue weighted by atomic mass is 16.5. The molecule has 5 nitrogen and oxygen atoms in total. The van der Waals surface area contributed by atoms with Crippen molar-refractivity contribution in [3.8, 4) is 17.6 Å². The Hall–Kier alpha value is -3.00. The Kier molecular flexibility index (Phi) is 5.59. The van der Waals surface area contributed by atoms with Gasteiger partial charge >= 0.3 is 0 Å². The molecular weight excluding hydrogens is 292 g/mol. The summed E-state index contributed by atoms with van der Waals surface area (Å²) in [6.45, 7) is 0. The number of nitrogens with one attached hydrogen (secondary N) is 1. The average molecular weight is 310 g/mol. The number of nitriles is 1. The number of methoxy groups -OCH3 is 2. The smallest absolute Gasteiger partial charge is 0.224 e. The van der Waals surface area contributed by atoms with Crippen LogP contribution in [-0.2, 0) is 11.2 Å². The summed E-state index contributed by atoms with van der Waals surface area (Å²) >= 11 is 0. The van der Waals surface area contributed by atoms with Gasteiger partial charge in [0.2, 0.25) is 5.91 Å². The van der Waals surface area contributed by atoms with Crippen LogP contribution in [0, 0.1) is 11.3 Å². The number of hydrogen-bond acceptors (Lipinski definition) is 4. The molecule has 0 aliphatic heterocycles. The van der Waals surface area contributed by atoms with Crippen LogP contribution in [0.3, 0.4) is 0 Å². The van der Waals surface area contributed by atoms with Crippen LogP contribution in [0.15, 0.2) is 42.5 Å². The van der Waals surface area contributed by atoms with E-state index in [0.29, 0.717) is 35.6 Å². The number of hydrogen-bond donors (Lipinski definition) is 1. The minimum absolute atomic E-state index is 0.0992. The van der Waals surface area contributed by atoms with E-state index in [1.165, 1.54) is 0 Å². The summed E-state index contributed by atoms with van der Waals surface area (Å²) in [5.41, 5.74) is 2.24. The number of ether oxygens (including phenoxy) is 2. The van der Waals surface area contributed by atoms with Crippen molar-refractivity contribution in [1.82, 2.24) is 0 Å². The number of benzene rings is 2. The maximum atomic E-state index is 12.1. The van der Waals surface area contributed by atoms with Crippen LogP contribution in [0.1, 0.15) is 17.5 Å². The van der Waals surface area contributed by atoms with Gasteiger partial charge in [0.25, 0.3) is 0 Å². The maximum Gasteiger partial charge on any atom is 0.224 e. The second-order valence-electron chi connectivity index (χ2n) is 4.92. The molecule has 0 aliphatic carbocycles. The van der Waals surface area contributed by atoms with E-state index < -0.39 is 0 Å². The zero-order valence-corrected chi connectivity index (χ0v) is 13.1. The Morgan fingerprint density at radius 3 is 2.48 bits per heavy atom. The summed E-state index contributed by atoms with van der Waals surface area (Å²) in [7, 11) is 3.12. The summed E-state index contributed by atoms with van der Waals surface area (Å²) in [5.74, 6) is 1.12. The van der Waals surface area contributed by atoms with Crippen LogP contribution < -0.4 is 14.8 Å². The first-order valence-electron chi connectivity index (χ1n) is 7.17. The van der Waals surface area contributed by atoms with E-state index in [1.54, 1.807) is 44.6 Å². The van der Waals surface area contributed by atoms with E-state index in [9.17, 15) is 4.79 Å². The largest absolute Gasteiger partial charge is 0.497 e. The molecular formula is C18H18N2O3. The molecule has 23 heavy (non-hydrogen) atoms. The molecule has 0 heterocycles. The number of aryl methyl sites for hydroxylation is 1. The SMILES string of the molecule is COc1ccc(NC(=O)CCc2ccc(C#N)cc2)c(OC)c1. The number of rotatable bonds is 6. The summed E-state index contributed by atoms with van der Waals surface area (Å²) in [6, 6.07) is 14.5. The van der Waals surface area contributed by atoms with Crippen molar-refractivity contribution < 1.29 is 14.3 Å². The van der Waals surface area contributed by atoms with Gasteiger partial charge in [0.1, 0.15) is 11.5 Å². The molecule has 0 fully saturated rings. The first kappa shape index (κ1) is 16.4. The van der Waals surface area contributed by atoms with E-state index in [2.05, 4.69) is 11.4 Å². The van der Waals surface area contributed by atoms with Crippen molar-refractivity contribution in [2.75, 3.05) is 19.5 Å². The van der Waals surface area contributed by atoms with E-state index in [1.807, 2.05) is 12.1 Å². The highest BCUT2D eigenvalue weighted by Gasteiger charge is 2.09. The Morgan fingerprint density at radius 1 is 1.13 bits per heavy atom. The fourth-order valence-electron chi connectivity index (χ4n) is 2.12. The number of amides is 1. The number of anilines is 1. The predicted octanol–water partition coefficient (Wildman–Crippen LogP) is 3.15. The monoisotopic (exact) mass is 310 g/mol. The third kappa shape index (κ3) is 4.48. The summed E-state index contributed by atoms with van der Waals surface area (Å²) in [5, 5.41) is 11.6. The zero-order chi connectivity index (χ0) is 16.7. The van der Waals surface area contributed by atoms with Crippen LogP contribution >= 0.6 is 0 Å². The normalized spacial score (nSPS) is 9.78. The predicted molar refractivity (Wildman–Crippen MR) is 87.7 cm³/mol. The van der Waals surface area contributed by atoms with Gasteiger partial charge in [0.15, 0.2) is 0 Å². The topological polar surface area (TPSA) is 71.3 Å². The van der Waals surface area contributed by atoms with Gasteiger partial charge in [-0.15, -0.1) is 0 Å². The standard InChI is InChI=1S/C18H18N2O3/c1-22-15-8-9-16(17(11-15)23-2)20-18(21)10-7-13-3-5-14(12-19)6-4-13/h3-6,8-9,11H,7,10H2,1-2H3,(H,20,21). The van der Waals surface area contributed by atoms with Crippen molar-refractivity contribution in [3.63, 3.8) is 0 Å². The van der Waals surface area contributed by atoms with Crippen molar-refractivity contribution >= 4 is 11.6 Å². The van der Waals surface area contributed by atoms with E-state index >= 15 is 0 Å². The van der Waals surface area contributed by atoms with Gasteiger partial charge in [-0.05, 0) is 36.2 Å². The van der Waals surface area contributed by atoms with Crippen LogP contribution in [0.5, 0.6) is 11.5 Å². The third-order valence-corrected chi connectivity index (χ3v) is 3.41. The first-order valence-corrected chi connectivity index (χ1v) is 7.17. The second-order valence-corrected chi connectivity index (χ2v) is 4.92. The quantitative estimate of drug-likeness (QED) is 0.889. The average Bonchev–Trinajstić information content (AvgIpc) is 2.60. The molecule has 5 heteroatoms.